The number of carbonyl (C=O) groups excluding carboxylic acids is 2. The van der Waals surface area contributed by atoms with Gasteiger partial charge in [0.15, 0.2) is 11.5 Å². The summed E-state index contributed by atoms with van der Waals surface area (Å²) < 4.78 is 16.6. The molecule has 2 N–H and O–H groups in total. The molecule has 1 unspecified atom stereocenters. The minimum Gasteiger partial charge on any atom is -0.490 e. The lowest BCUT2D eigenvalue weighted by molar-refractivity contribution is -0.127. The Morgan fingerprint density at radius 3 is 2.37 bits per heavy atom. The van der Waals surface area contributed by atoms with Gasteiger partial charge >= 0.3 is 5.97 Å². The van der Waals surface area contributed by atoms with Gasteiger partial charge in [-0.1, -0.05) is 43.7 Å². The first-order chi connectivity index (χ1) is 13.1. The maximum atomic E-state index is 12.5. The highest BCUT2D eigenvalue weighted by molar-refractivity contribution is 5.93. The summed E-state index contributed by atoms with van der Waals surface area (Å²) in [5, 5.41) is 0. The number of esters is 1. The summed E-state index contributed by atoms with van der Waals surface area (Å²) in [7, 11) is 0. The van der Waals surface area contributed by atoms with E-state index in [2.05, 4.69) is 6.92 Å². The third-order valence-electron chi connectivity index (χ3n) is 3.82. The van der Waals surface area contributed by atoms with E-state index in [4.69, 9.17) is 19.9 Å². The van der Waals surface area contributed by atoms with Crippen LogP contribution in [0.3, 0.4) is 0 Å². The summed E-state index contributed by atoms with van der Waals surface area (Å²) in [4.78, 5) is 24.3. The van der Waals surface area contributed by atoms with Crippen molar-refractivity contribution in [1.29, 1.82) is 0 Å². The van der Waals surface area contributed by atoms with Crippen LogP contribution in [-0.2, 0) is 9.53 Å². The van der Waals surface area contributed by atoms with Crippen LogP contribution in [0.4, 0.5) is 0 Å². The second-order valence-corrected chi connectivity index (χ2v) is 5.89. The van der Waals surface area contributed by atoms with Crippen LogP contribution in [0.1, 0.15) is 48.7 Å². The van der Waals surface area contributed by atoms with Gasteiger partial charge in [0.25, 0.3) is 5.91 Å². The molecule has 0 aliphatic heterocycles. The second-order valence-electron chi connectivity index (χ2n) is 5.89. The standard InChI is InChI=1S/C21H25NO5/c1-3-5-13-26-17-12-11-16(14-18(17)25-4-2)21(24)27-19(20(22)23)15-9-7-6-8-10-15/h6-12,14,19H,3-5,13H2,1-2H3,(H2,22,23). The Hall–Kier alpha value is -3.02. The third-order valence-corrected chi connectivity index (χ3v) is 3.82. The first kappa shape index (κ1) is 20.3. The van der Waals surface area contributed by atoms with Gasteiger partial charge in [0.2, 0.25) is 6.10 Å². The Bertz CT molecular complexity index is 760. The fourth-order valence-electron chi connectivity index (χ4n) is 2.44. The van der Waals surface area contributed by atoms with E-state index in [0.29, 0.717) is 30.3 Å². The predicted octanol–water partition coefficient (Wildman–Crippen LogP) is 3.65. The first-order valence-corrected chi connectivity index (χ1v) is 9.01. The molecule has 0 saturated carbocycles. The van der Waals surface area contributed by atoms with E-state index >= 15 is 0 Å². The van der Waals surface area contributed by atoms with Crippen LogP contribution in [-0.4, -0.2) is 25.1 Å². The van der Waals surface area contributed by atoms with Crippen LogP contribution < -0.4 is 15.2 Å². The molecule has 0 saturated heterocycles. The average molecular weight is 371 g/mol. The van der Waals surface area contributed by atoms with Gasteiger partial charge < -0.3 is 19.9 Å². The first-order valence-electron chi connectivity index (χ1n) is 9.01. The zero-order valence-electron chi connectivity index (χ0n) is 15.6. The third kappa shape index (κ3) is 5.74. The van der Waals surface area contributed by atoms with E-state index in [1.54, 1.807) is 48.5 Å². The van der Waals surface area contributed by atoms with Crippen LogP contribution >= 0.6 is 0 Å². The number of hydrogen-bond acceptors (Lipinski definition) is 5. The van der Waals surface area contributed by atoms with Gasteiger partial charge in [-0.3, -0.25) is 4.79 Å². The van der Waals surface area contributed by atoms with Crippen molar-refractivity contribution in [2.24, 2.45) is 5.73 Å². The minimum atomic E-state index is -1.16. The van der Waals surface area contributed by atoms with Gasteiger partial charge in [0, 0.05) is 5.56 Å². The van der Waals surface area contributed by atoms with E-state index < -0.39 is 18.0 Å². The summed E-state index contributed by atoms with van der Waals surface area (Å²) in [5.41, 5.74) is 6.17. The number of hydrogen-bond donors (Lipinski definition) is 1. The molecule has 1 atom stereocenters. The van der Waals surface area contributed by atoms with Crippen molar-refractivity contribution in [2.45, 2.75) is 32.8 Å². The quantitative estimate of drug-likeness (QED) is 0.509. The van der Waals surface area contributed by atoms with Crippen LogP contribution in [0.5, 0.6) is 11.5 Å². The van der Waals surface area contributed by atoms with E-state index in [1.807, 2.05) is 6.92 Å². The SMILES string of the molecule is CCCCOc1ccc(C(=O)OC(C(N)=O)c2ccccc2)cc1OCC. The maximum absolute atomic E-state index is 12.5. The number of carbonyl (C=O) groups is 2. The van der Waals surface area contributed by atoms with Crippen molar-refractivity contribution in [3.05, 3.63) is 59.7 Å². The lowest BCUT2D eigenvalue weighted by Crippen LogP contribution is -2.26. The van der Waals surface area contributed by atoms with Crippen molar-refractivity contribution in [2.75, 3.05) is 13.2 Å². The zero-order chi connectivity index (χ0) is 19.6. The summed E-state index contributed by atoms with van der Waals surface area (Å²) >= 11 is 0. The highest BCUT2D eigenvalue weighted by Crippen LogP contribution is 2.30. The van der Waals surface area contributed by atoms with Crippen molar-refractivity contribution in [3.8, 4) is 11.5 Å². The molecule has 1 amide bonds. The van der Waals surface area contributed by atoms with Crippen molar-refractivity contribution in [1.82, 2.24) is 0 Å². The lowest BCUT2D eigenvalue weighted by Gasteiger charge is -2.16. The molecule has 144 valence electrons. The molecular weight excluding hydrogens is 346 g/mol. The summed E-state index contributed by atoms with van der Waals surface area (Å²) in [5.74, 6) is -0.377. The largest absolute Gasteiger partial charge is 0.490 e. The molecule has 0 fully saturated rings. The second kappa shape index (κ2) is 10.2. The Balaban J connectivity index is 2.19. The van der Waals surface area contributed by atoms with Crippen molar-refractivity contribution in [3.63, 3.8) is 0 Å². The Labute approximate surface area is 159 Å². The molecule has 2 rings (SSSR count). The maximum Gasteiger partial charge on any atom is 0.339 e. The molecule has 0 bridgehead atoms. The molecule has 6 nitrogen and oxygen atoms in total. The number of primary amides is 1. The Morgan fingerprint density at radius 2 is 1.74 bits per heavy atom. The highest BCUT2D eigenvalue weighted by Gasteiger charge is 2.24. The van der Waals surface area contributed by atoms with E-state index in [9.17, 15) is 9.59 Å². The van der Waals surface area contributed by atoms with Gasteiger partial charge in [-0.25, -0.2) is 4.79 Å². The molecule has 2 aromatic carbocycles. The topological polar surface area (TPSA) is 87.9 Å². The molecule has 6 heteroatoms. The summed E-state index contributed by atoms with van der Waals surface area (Å²) in [6.07, 6.45) is 0.782. The fraction of sp³-hybridized carbons (Fsp3) is 0.333. The van der Waals surface area contributed by atoms with Crippen LogP contribution in [0, 0.1) is 0 Å². The molecule has 27 heavy (non-hydrogen) atoms. The number of amides is 1. The predicted molar refractivity (Wildman–Crippen MR) is 102 cm³/mol. The van der Waals surface area contributed by atoms with E-state index in [1.165, 1.54) is 0 Å². The molecule has 0 spiro atoms. The normalized spacial score (nSPS) is 11.5. The number of rotatable bonds is 10. The van der Waals surface area contributed by atoms with Crippen molar-refractivity contribution < 1.29 is 23.8 Å². The Morgan fingerprint density at radius 1 is 1.00 bits per heavy atom. The molecule has 0 aliphatic rings. The molecule has 2 aromatic rings. The molecule has 0 radical (unpaired) electrons. The number of benzene rings is 2. The molecular formula is C21H25NO5. The van der Waals surface area contributed by atoms with Gasteiger partial charge in [-0.2, -0.15) is 0 Å². The van der Waals surface area contributed by atoms with Gasteiger partial charge in [0.1, 0.15) is 0 Å². The van der Waals surface area contributed by atoms with Gasteiger partial charge in [0.05, 0.1) is 18.8 Å². The molecule has 0 aliphatic carbocycles. The smallest absolute Gasteiger partial charge is 0.339 e. The van der Waals surface area contributed by atoms with Crippen molar-refractivity contribution >= 4 is 11.9 Å². The van der Waals surface area contributed by atoms with Crippen LogP contribution in [0.15, 0.2) is 48.5 Å². The van der Waals surface area contributed by atoms with Gasteiger partial charge in [-0.15, -0.1) is 0 Å². The fourth-order valence-corrected chi connectivity index (χ4v) is 2.44. The van der Waals surface area contributed by atoms with Gasteiger partial charge in [-0.05, 0) is 31.5 Å². The van der Waals surface area contributed by atoms with Crippen LogP contribution in [0.2, 0.25) is 0 Å². The summed E-state index contributed by atoms with van der Waals surface area (Å²) in [6, 6.07) is 13.4. The number of unbranched alkanes of at least 4 members (excludes halogenated alkanes) is 1. The number of ether oxygens (including phenoxy) is 3. The summed E-state index contributed by atoms with van der Waals surface area (Å²) in [6.45, 7) is 4.92. The lowest BCUT2D eigenvalue weighted by atomic mass is 10.1. The Kier molecular flexibility index (Phi) is 7.67. The molecule has 0 heterocycles. The molecule has 0 aromatic heterocycles. The highest BCUT2D eigenvalue weighted by atomic mass is 16.5. The van der Waals surface area contributed by atoms with E-state index in [-0.39, 0.29) is 5.56 Å². The van der Waals surface area contributed by atoms with E-state index in [0.717, 1.165) is 12.8 Å². The minimum absolute atomic E-state index is 0.253. The zero-order valence-corrected chi connectivity index (χ0v) is 15.6. The van der Waals surface area contributed by atoms with Crippen LogP contribution in [0.25, 0.3) is 0 Å². The average Bonchev–Trinajstić information content (AvgIpc) is 2.67. The number of nitrogens with two attached hydrogens (primary N) is 1. The monoisotopic (exact) mass is 371 g/mol.